The molecule has 0 fully saturated rings. The zero-order valence-corrected chi connectivity index (χ0v) is 16.7. The quantitative estimate of drug-likeness (QED) is 0.624. The van der Waals surface area contributed by atoms with Crippen molar-refractivity contribution in [1.29, 1.82) is 0 Å². The topological polar surface area (TPSA) is 73.9 Å². The number of fused-ring (bicyclic) bond motifs is 1. The lowest BCUT2D eigenvalue weighted by Gasteiger charge is -2.17. The summed E-state index contributed by atoms with van der Waals surface area (Å²) in [6.45, 7) is 4.48. The van der Waals surface area contributed by atoms with E-state index in [0.717, 1.165) is 17.7 Å². The van der Waals surface area contributed by atoms with Crippen LogP contribution in [0.1, 0.15) is 40.1 Å². The molecular weight excluding hydrogens is 370 g/mol. The summed E-state index contributed by atoms with van der Waals surface area (Å²) in [5, 5.41) is 2.70. The van der Waals surface area contributed by atoms with Gasteiger partial charge in [0.2, 0.25) is 0 Å². The first-order valence-electron chi connectivity index (χ1n) is 9.25. The molecule has 6 heteroatoms. The van der Waals surface area contributed by atoms with Gasteiger partial charge in [-0.25, -0.2) is 4.79 Å². The number of ether oxygens (including phenoxy) is 3. The molecule has 1 heterocycles. The Kier molecular flexibility index (Phi) is 6.08. The number of hydrogen-bond donors (Lipinski definition) is 1. The molecule has 0 bridgehead atoms. The molecule has 0 aliphatic carbocycles. The number of esters is 1. The van der Waals surface area contributed by atoms with Crippen LogP contribution in [-0.2, 0) is 11.2 Å². The summed E-state index contributed by atoms with van der Waals surface area (Å²) >= 11 is 0. The molecule has 0 saturated heterocycles. The molecule has 1 amide bonds. The fourth-order valence-corrected chi connectivity index (χ4v) is 3.03. The average molecular weight is 393 g/mol. The van der Waals surface area contributed by atoms with Gasteiger partial charge in [0.15, 0.2) is 11.5 Å². The summed E-state index contributed by atoms with van der Waals surface area (Å²) in [5.41, 5.74) is 1.73. The van der Waals surface area contributed by atoms with Gasteiger partial charge in [-0.15, -0.1) is 0 Å². The highest BCUT2D eigenvalue weighted by molar-refractivity contribution is 5.96. The number of amides is 1. The fourth-order valence-electron chi connectivity index (χ4n) is 3.03. The van der Waals surface area contributed by atoms with E-state index in [1.165, 1.54) is 7.11 Å². The molecule has 1 N–H and O–H groups in total. The molecule has 1 aliphatic rings. The minimum atomic E-state index is -0.444. The van der Waals surface area contributed by atoms with Crippen LogP contribution in [0.25, 0.3) is 0 Å². The molecule has 3 rings (SSSR count). The first kappa shape index (κ1) is 20.3. The van der Waals surface area contributed by atoms with Crippen molar-refractivity contribution in [3.05, 3.63) is 59.2 Å². The van der Waals surface area contributed by atoms with Crippen LogP contribution < -0.4 is 14.8 Å². The Hall–Kier alpha value is -3.46. The highest BCUT2D eigenvalue weighted by Crippen LogP contribution is 2.41. The second-order valence-corrected chi connectivity index (χ2v) is 7.18. The Morgan fingerprint density at radius 3 is 2.55 bits per heavy atom. The first-order valence-corrected chi connectivity index (χ1v) is 9.25. The highest BCUT2D eigenvalue weighted by Gasteiger charge is 2.32. The number of carbonyl (C=O) groups excluding carboxylic acids is 2. The van der Waals surface area contributed by atoms with E-state index in [9.17, 15) is 9.59 Å². The standard InChI is InChI=1S/C23H23NO5/c1-23(2)15-18-7-6-8-19(20(18)29-23)28-14-5-4-13-24-21(25)16-9-11-17(12-10-16)22(26)27-3/h6-12H,13-15H2,1-3H3,(H,24,25). The van der Waals surface area contributed by atoms with Gasteiger partial charge in [-0.05, 0) is 44.2 Å². The van der Waals surface area contributed by atoms with Crippen LogP contribution in [0.15, 0.2) is 42.5 Å². The van der Waals surface area contributed by atoms with E-state index in [1.807, 2.05) is 32.0 Å². The van der Waals surface area contributed by atoms with E-state index in [4.69, 9.17) is 9.47 Å². The van der Waals surface area contributed by atoms with E-state index in [-0.39, 0.29) is 24.7 Å². The van der Waals surface area contributed by atoms with Crippen LogP contribution in [0.3, 0.4) is 0 Å². The van der Waals surface area contributed by atoms with Crippen molar-refractivity contribution in [2.75, 3.05) is 20.3 Å². The van der Waals surface area contributed by atoms with Gasteiger partial charge in [-0.1, -0.05) is 24.0 Å². The van der Waals surface area contributed by atoms with Crippen molar-refractivity contribution >= 4 is 11.9 Å². The summed E-state index contributed by atoms with van der Waals surface area (Å²) in [6, 6.07) is 12.1. The highest BCUT2D eigenvalue weighted by atomic mass is 16.5. The van der Waals surface area contributed by atoms with Crippen LogP contribution in [0.5, 0.6) is 11.5 Å². The van der Waals surface area contributed by atoms with Crippen molar-refractivity contribution in [3.63, 3.8) is 0 Å². The van der Waals surface area contributed by atoms with E-state index in [2.05, 4.69) is 21.9 Å². The Bertz CT molecular complexity index is 967. The van der Waals surface area contributed by atoms with Gasteiger partial charge in [0.1, 0.15) is 12.2 Å². The van der Waals surface area contributed by atoms with Crippen LogP contribution in [0, 0.1) is 11.8 Å². The monoisotopic (exact) mass is 393 g/mol. The second kappa shape index (κ2) is 8.70. The average Bonchev–Trinajstić information content (AvgIpc) is 3.04. The zero-order chi connectivity index (χ0) is 20.9. The third-order valence-corrected chi connectivity index (χ3v) is 4.39. The lowest BCUT2D eigenvalue weighted by molar-refractivity contribution is 0.0600. The summed E-state index contributed by atoms with van der Waals surface area (Å²) < 4.78 is 16.3. The van der Waals surface area contributed by atoms with Crippen molar-refractivity contribution in [1.82, 2.24) is 5.32 Å². The molecule has 0 atom stereocenters. The normalized spacial score (nSPS) is 13.3. The second-order valence-electron chi connectivity index (χ2n) is 7.18. The molecule has 0 radical (unpaired) electrons. The molecule has 6 nitrogen and oxygen atoms in total. The zero-order valence-electron chi connectivity index (χ0n) is 16.7. The smallest absolute Gasteiger partial charge is 0.337 e. The molecule has 150 valence electrons. The largest absolute Gasteiger partial charge is 0.483 e. The summed E-state index contributed by atoms with van der Waals surface area (Å²) in [7, 11) is 1.31. The molecule has 29 heavy (non-hydrogen) atoms. The lowest BCUT2D eigenvalue weighted by atomic mass is 10.0. The van der Waals surface area contributed by atoms with Crippen LogP contribution >= 0.6 is 0 Å². The van der Waals surface area contributed by atoms with Gasteiger partial charge in [0.25, 0.3) is 5.91 Å². The molecule has 2 aromatic carbocycles. The van der Waals surface area contributed by atoms with Crippen molar-refractivity contribution in [2.45, 2.75) is 25.9 Å². The van der Waals surface area contributed by atoms with Gasteiger partial charge >= 0.3 is 5.97 Å². The first-order chi connectivity index (χ1) is 13.9. The number of rotatable bonds is 5. The van der Waals surface area contributed by atoms with E-state index in [0.29, 0.717) is 16.9 Å². The summed E-state index contributed by atoms with van der Waals surface area (Å²) in [4.78, 5) is 23.5. The maximum atomic E-state index is 12.1. The Labute approximate surface area is 170 Å². The lowest BCUT2D eigenvalue weighted by Crippen LogP contribution is -2.24. The number of carbonyl (C=O) groups is 2. The predicted molar refractivity (Wildman–Crippen MR) is 108 cm³/mol. The molecule has 0 unspecified atom stereocenters. The maximum absolute atomic E-state index is 12.1. The minimum Gasteiger partial charge on any atom is -0.483 e. The van der Waals surface area contributed by atoms with Gasteiger partial charge in [0, 0.05) is 17.5 Å². The minimum absolute atomic E-state index is 0.192. The Morgan fingerprint density at radius 1 is 1.10 bits per heavy atom. The number of nitrogens with one attached hydrogen (secondary N) is 1. The fraction of sp³-hybridized carbons (Fsp3) is 0.304. The number of para-hydroxylation sites is 1. The molecular formula is C23H23NO5. The van der Waals surface area contributed by atoms with Crippen molar-refractivity contribution in [3.8, 4) is 23.3 Å². The third kappa shape index (κ3) is 5.08. The van der Waals surface area contributed by atoms with Crippen molar-refractivity contribution in [2.24, 2.45) is 0 Å². The van der Waals surface area contributed by atoms with Crippen molar-refractivity contribution < 1.29 is 23.8 Å². The van der Waals surface area contributed by atoms with Gasteiger partial charge in [-0.3, -0.25) is 4.79 Å². The molecule has 1 aliphatic heterocycles. The van der Waals surface area contributed by atoms with Gasteiger partial charge < -0.3 is 19.5 Å². The van der Waals surface area contributed by atoms with Gasteiger partial charge in [0.05, 0.1) is 19.2 Å². The number of benzene rings is 2. The van der Waals surface area contributed by atoms with E-state index < -0.39 is 5.97 Å². The third-order valence-electron chi connectivity index (χ3n) is 4.39. The molecule has 0 spiro atoms. The number of methoxy groups -OCH3 is 1. The summed E-state index contributed by atoms with van der Waals surface area (Å²) in [5.74, 6) is 6.48. The van der Waals surface area contributed by atoms with E-state index in [1.54, 1.807) is 24.3 Å². The summed E-state index contributed by atoms with van der Waals surface area (Å²) in [6.07, 6.45) is 0.845. The van der Waals surface area contributed by atoms with Gasteiger partial charge in [-0.2, -0.15) is 0 Å². The maximum Gasteiger partial charge on any atom is 0.337 e. The molecule has 0 aromatic heterocycles. The van der Waals surface area contributed by atoms with Crippen LogP contribution in [0.4, 0.5) is 0 Å². The van der Waals surface area contributed by atoms with E-state index >= 15 is 0 Å². The Balaban J connectivity index is 1.47. The van der Waals surface area contributed by atoms with Crippen LogP contribution in [-0.4, -0.2) is 37.7 Å². The van der Waals surface area contributed by atoms with Crippen LogP contribution in [0.2, 0.25) is 0 Å². The molecule has 2 aromatic rings. The Morgan fingerprint density at radius 2 is 1.83 bits per heavy atom. The molecule has 0 saturated carbocycles. The SMILES string of the molecule is COC(=O)c1ccc(C(=O)NCC#CCOc2cccc3c2OC(C)(C)C3)cc1. The number of hydrogen-bond acceptors (Lipinski definition) is 5. The predicted octanol–water partition coefficient (Wildman–Crippen LogP) is 3.00.